The van der Waals surface area contributed by atoms with Crippen molar-refractivity contribution in [2.45, 2.75) is 26.3 Å². The molecule has 0 atom stereocenters. The van der Waals surface area contributed by atoms with Crippen molar-refractivity contribution in [3.05, 3.63) is 22.7 Å². The Labute approximate surface area is 119 Å². The number of anilines is 2. The maximum absolute atomic E-state index is 3.51. The van der Waals surface area contributed by atoms with E-state index in [4.69, 9.17) is 0 Å². The van der Waals surface area contributed by atoms with Gasteiger partial charge in [0.2, 0.25) is 0 Å². The molecule has 0 aliphatic rings. The molecule has 0 aliphatic heterocycles. The van der Waals surface area contributed by atoms with Crippen molar-refractivity contribution in [3.8, 4) is 0 Å². The van der Waals surface area contributed by atoms with E-state index in [1.807, 2.05) is 0 Å². The topological polar surface area (TPSA) is 27.3 Å². The van der Waals surface area contributed by atoms with E-state index in [0.29, 0.717) is 0 Å². The molecule has 102 valence electrons. The Morgan fingerprint density at radius 2 is 1.83 bits per heavy atom. The van der Waals surface area contributed by atoms with Gasteiger partial charge in [-0.05, 0) is 39.0 Å². The van der Waals surface area contributed by atoms with Crippen molar-refractivity contribution in [2.24, 2.45) is 0 Å². The Bertz CT molecular complexity index is 383. The number of hydrogen-bond donors (Lipinski definition) is 2. The van der Waals surface area contributed by atoms with E-state index in [0.717, 1.165) is 23.2 Å². The van der Waals surface area contributed by atoms with Crippen LogP contribution in [0.4, 0.5) is 11.4 Å². The summed E-state index contributed by atoms with van der Waals surface area (Å²) in [7, 11) is 4.11. The zero-order valence-corrected chi connectivity index (χ0v) is 13.6. The van der Waals surface area contributed by atoms with E-state index in [-0.39, 0.29) is 5.54 Å². The second-order valence-electron chi connectivity index (χ2n) is 5.66. The number of rotatable bonds is 5. The van der Waals surface area contributed by atoms with Gasteiger partial charge in [0, 0.05) is 37.2 Å². The van der Waals surface area contributed by atoms with Gasteiger partial charge < -0.3 is 15.5 Å². The highest BCUT2D eigenvalue weighted by Gasteiger charge is 2.08. The van der Waals surface area contributed by atoms with Crippen LogP contribution in [0.5, 0.6) is 0 Å². The predicted octanol–water partition coefficient (Wildman–Crippen LogP) is 3.32. The molecule has 1 aromatic rings. The molecule has 3 nitrogen and oxygen atoms in total. The first kappa shape index (κ1) is 15.3. The molecule has 0 aromatic heterocycles. The van der Waals surface area contributed by atoms with Gasteiger partial charge in [-0.25, -0.2) is 0 Å². The van der Waals surface area contributed by atoms with Gasteiger partial charge in [-0.3, -0.25) is 0 Å². The van der Waals surface area contributed by atoms with Crippen molar-refractivity contribution in [1.29, 1.82) is 0 Å². The SMILES string of the molecule is CN(C)c1ccc(Br)cc1NCCNC(C)(C)C. The van der Waals surface area contributed by atoms with Crippen LogP contribution in [0.25, 0.3) is 0 Å². The van der Waals surface area contributed by atoms with E-state index in [1.54, 1.807) is 0 Å². The van der Waals surface area contributed by atoms with Crippen LogP contribution >= 0.6 is 15.9 Å². The number of hydrogen-bond acceptors (Lipinski definition) is 3. The quantitative estimate of drug-likeness (QED) is 0.817. The van der Waals surface area contributed by atoms with Crippen LogP contribution in [-0.2, 0) is 0 Å². The van der Waals surface area contributed by atoms with Gasteiger partial charge in [-0.2, -0.15) is 0 Å². The summed E-state index contributed by atoms with van der Waals surface area (Å²) in [5.41, 5.74) is 2.53. The van der Waals surface area contributed by atoms with E-state index in [9.17, 15) is 0 Å². The van der Waals surface area contributed by atoms with Gasteiger partial charge in [0.25, 0.3) is 0 Å². The summed E-state index contributed by atoms with van der Waals surface area (Å²) in [6.45, 7) is 8.39. The van der Waals surface area contributed by atoms with Gasteiger partial charge in [0.1, 0.15) is 0 Å². The zero-order chi connectivity index (χ0) is 13.8. The first-order valence-electron chi connectivity index (χ1n) is 6.25. The lowest BCUT2D eigenvalue weighted by molar-refractivity contribution is 0.435. The fourth-order valence-corrected chi connectivity index (χ4v) is 2.04. The van der Waals surface area contributed by atoms with Crippen molar-refractivity contribution in [1.82, 2.24) is 5.32 Å². The molecule has 0 heterocycles. The average molecular weight is 314 g/mol. The molecule has 0 saturated carbocycles. The monoisotopic (exact) mass is 313 g/mol. The molecule has 0 bridgehead atoms. The van der Waals surface area contributed by atoms with Gasteiger partial charge in [0.05, 0.1) is 11.4 Å². The van der Waals surface area contributed by atoms with Gasteiger partial charge in [-0.15, -0.1) is 0 Å². The second-order valence-corrected chi connectivity index (χ2v) is 6.58. The molecule has 0 unspecified atom stereocenters. The third-order valence-corrected chi connectivity index (χ3v) is 3.03. The summed E-state index contributed by atoms with van der Waals surface area (Å²) in [6, 6.07) is 6.30. The van der Waals surface area contributed by atoms with Crippen LogP contribution in [0.1, 0.15) is 20.8 Å². The van der Waals surface area contributed by atoms with Crippen LogP contribution in [-0.4, -0.2) is 32.7 Å². The average Bonchev–Trinajstić information content (AvgIpc) is 2.22. The molecule has 0 radical (unpaired) electrons. The third-order valence-electron chi connectivity index (χ3n) is 2.54. The molecule has 0 saturated heterocycles. The lowest BCUT2D eigenvalue weighted by Crippen LogP contribution is -2.38. The molecule has 0 amide bonds. The fourth-order valence-electron chi connectivity index (χ4n) is 1.67. The van der Waals surface area contributed by atoms with E-state index in [1.165, 1.54) is 5.69 Å². The lowest BCUT2D eigenvalue weighted by Gasteiger charge is -2.22. The van der Waals surface area contributed by atoms with Crippen LogP contribution in [0.3, 0.4) is 0 Å². The minimum absolute atomic E-state index is 0.170. The Morgan fingerprint density at radius 3 is 2.39 bits per heavy atom. The molecule has 1 rings (SSSR count). The van der Waals surface area contributed by atoms with Gasteiger partial charge >= 0.3 is 0 Å². The summed E-state index contributed by atoms with van der Waals surface area (Å²) >= 11 is 3.51. The van der Waals surface area contributed by atoms with Crippen molar-refractivity contribution >= 4 is 27.3 Å². The minimum atomic E-state index is 0.170. The van der Waals surface area contributed by atoms with Crippen molar-refractivity contribution in [3.63, 3.8) is 0 Å². The highest BCUT2D eigenvalue weighted by molar-refractivity contribution is 9.10. The standard InChI is InChI=1S/C14H24BrN3/c1-14(2,3)17-9-8-16-12-10-11(15)6-7-13(12)18(4)5/h6-7,10,16-17H,8-9H2,1-5H3. The van der Waals surface area contributed by atoms with Gasteiger partial charge in [0.15, 0.2) is 0 Å². The largest absolute Gasteiger partial charge is 0.382 e. The first-order chi connectivity index (χ1) is 8.29. The molecule has 18 heavy (non-hydrogen) atoms. The lowest BCUT2D eigenvalue weighted by atomic mass is 10.1. The van der Waals surface area contributed by atoms with Gasteiger partial charge in [-0.1, -0.05) is 15.9 Å². The van der Waals surface area contributed by atoms with Crippen LogP contribution < -0.4 is 15.5 Å². The van der Waals surface area contributed by atoms with E-state index in [2.05, 4.69) is 84.5 Å². The molecule has 2 N–H and O–H groups in total. The first-order valence-corrected chi connectivity index (χ1v) is 7.05. The molecule has 0 fully saturated rings. The molecule has 1 aromatic carbocycles. The Morgan fingerprint density at radius 1 is 1.17 bits per heavy atom. The summed E-state index contributed by atoms with van der Waals surface area (Å²) in [6.07, 6.45) is 0. The summed E-state index contributed by atoms with van der Waals surface area (Å²) in [5, 5.41) is 6.94. The maximum Gasteiger partial charge on any atom is 0.0597 e. The summed E-state index contributed by atoms with van der Waals surface area (Å²) in [4.78, 5) is 2.12. The number of halogens is 1. The Kier molecular flexibility index (Phi) is 5.47. The Balaban J connectivity index is 2.58. The molecular weight excluding hydrogens is 290 g/mol. The van der Waals surface area contributed by atoms with Crippen LogP contribution in [0.2, 0.25) is 0 Å². The third kappa shape index (κ3) is 5.27. The second kappa shape index (κ2) is 6.43. The molecule has 0 spiro atoms. The smallest absolute Gasteiger partial charge is 0.0597 e. The molecule has 0 aliphatic carbocycles. The van der Waals surface area contributed by atoms with E-state index < -0.39 is 0 Å². The Hall–Kier alpha value is -0.740. The predicted molar refractivity (Wildman–Crippen MR) is 84.7 cm³/mol. The fraction of sp³-hybridized carbons (Fsp3) is 0.571. The summed E-state index contributed by atoms with van der Waals surface area (Å²) in [5.74, 6) is 0. The van der Waals surface area contributed by atoms with Crippen LogP contribution in [0.15, 0.2) is 22.7 Å². The number of nitrogens with zero attached hydrogens (tertiary/aromatic N) is 1. The minimum Gasteiger partial charge on any atom is -0.382 e. The number of benzene rings is 1. The highest BCUT2D eigenvalue weighted by Crippen LogP contribution is 2.27. The highest BCUT2D eigenvalue weighted by atomic mass is 79.9. The maximum atomic E-state index is 3.51. The van der Waals surface area contributed by atoms with Crippen LogP contribution in [0, 0.1) is 0 Å². The normalized spacial score (nSPS) is 11.4. The summed E-state index contributed by atoms with van der Waals surface area (Å²) < 4.78 is 1.10. The van der Waals surface area contributed by atoms with E-state index >= 15 is 0 Å². The van der Waals surface area contributed by atoms with Crippen molar-refractivity contribution < 1.29 is 0 Å². The number of nitrogens with one attached hydrogen (secondary N) is 2. The zero-order valence-electron chi connectivity index (χ0n) is 12.0. The molecular formula is C14H24BrN3. The van der Waals surface area contributed by atoms with Crippen molar-refractivity contribution in [2.75, 3.05) is 37.4 Å². The molecule has 4 heteroatoms.